The summed E-state index contributed by atoms with van der Waals surface area (Å²) < 4.78 is 15.7. The lowest BCUT2D eigenvalue weighted by Crippen LogP contribution is -2.01. The Morgan fingerprint density at radius 2 is 2.00 bits per heavy atom. The van der Waals surface area contributed by atoms with Gasteiger partial charge in [-0.2, -0.15) is 0 Å². The van der Waals surface area contributed by atoms with Gasteiger partial charge in [0.15, 0.2) is 6.29 Å². The molecule has 0 amide bonds. The molecule has 102 valence electrons. The van der Waals surface area contributed by atoms with Gasteiger partial charge in [0.1, 0.15) is 0 Å². The molecule has 0 radical (unpaired) electrons. The summed E-state index contributed by atoms with van der Waals surface area (Å²) in [5, 5.41) is 0. The van der Waals surface area contributed by atoms with Crippen molar-refractivity contribution in [3.05, 3.63) is 41.5 Å². The molecule has 4 heteroatoms. The van der Waals surface area contributed by atoms with Crippen LogP contribution in [0.5, 0.6) is 0 Å². The van der Waals surface area contributed by atoms with E-state index >= 15 is 0 Å². The summed E-state index contributed by atoms with van der Waals surface area (Å²) in [5.41, 5.74) is 2.05. The first kappa shape index (κ1) is 13.8. The highest BCUT2D eigenvalue weighted by Gasteiger charge is 2.17. The molecule has 1 aromatic rings. The maximum absolute atomic E-state index is 11.2. The fraction of sp³-hybridized carbons (Fsp3) is 0.400. The monoisotopic (exact) mass is 262 g/mol. The molecule has 1 aliphatic rings. The highest BCUT2D eigenvalue weighted by molar-refractivity contribution is 5.72. The highest BCUT2D eigenvalue weighted by Crippen LogP contribution is 2.23. The number of esters is 1. The van der Waals surface area contributed by atoms with Gasteiger partial charge >= 0.3 is 5.97 Å². The fourth-order valence-corrected chi connectivity index (χ4v) is 1.83. The van der Waals surface area contributed by atoms with E-state index in [2.05, 4.69) is 0 Å². The lowest BCUT2D eigenvalue weighted by Gasteiger charge is -2.08. The Morgan fingerprint density at radius 1 is 1.32 bits per heavy atom. The van der Waals surface area contributed by atoms with E-state index in [0.29, 0.717) is 26.2 Å². The molecule has 1 fully saturated rings. The molecular formula is C15H18O4. The molecule has 0 aliphatic carbocycles. The minimum Gasteiger partial charge on any atom is -0.466 e. The van der Waals surface area contributed by atoms with Crippen LogP contribution in [0, 0.1) is 0 Å². The van der Waals surface area contributed by atoms with Gasteiger partial charge in [-0.15, -0.1) is 0 Å². The van der Waals surface area contributed by atoms with Gasteiger partial charge in [-0.1, -0.05) is 36.4 Å². The number of carbonyl (C=O) groups is 1. The second kappa shape index (κ2) is 7.07. The van der Waals surface area contributed by atoms with Gasteiger partial charge in [-0.25, -0.2) is 0 Å². The maximum Gasteiger partial charge on any atom is 0.309 e. The lowest BCUT2D eigenvalue weighted by atomic mass is 10.1. The van der Waals surface area contributed by atoms with Crippen LogP contribution < -0.4 is 0 Å². The average molecular weight is 262 g/mol. The van der Waals surface area contributed by atoms with E-state index in [0.717, 1.165) is 11.1 Å². The summed E-state index contributed by atoms with van der Waals surface area (Å²) in [6.45, 7) is 3.51. The van der Waals surface area contributed by atoms with Gasteiger partial charge in [0.05, 0.1) is 26.2 Å². The summed E-state index contributed by atoms with van der Waals surface area (Å²) in [6, 6.07) is 7.89. The van der Waals surface area contributed by atoms with E-state index in [1.54, 1.807) is 13.0 Å². The summed E-state index contributed by atoms with van der Waals surface area (Å²) in [7, 11) is 0. The van der Waals surface area contributed by atoms with Gasteiger partial charge < -0.3 is 14.2 Å². The SMILES string of the molecule is CCOC(=O)CC=Cc1ccc(C2OCCO2)cc1. The molecule has 0 aromatic heterocycles. The van der Waals surface area contributed by atoms with Crippen LogP contribution in [0.25, 0.3) is 6.08 Å². The number of ether oxygens (including phenoxy) is 3. The highest BCUT2D eigenvalue weighted by atomic mass is 16.7. The standard InChI is InChI=1S/C15H18O4/c1-2-17-14(16)5-3-4-12-6-8-13(9-7-12)15-18-10-11-19-15/h3-4,6-9,15H,2,5,10-11H2,1H3. The van der Waals surface area contributed by atoms with Crippen LogP contribution in [0.15, 0.2) is 30.3 Å². The predicted octanol–water partition coefficient (Wildman–Crippen LogP) is 2.70. The summed E-state index contributed by atoms with van der Waals surface area (Å²) in [6.07, 6.45) is 3.76. The zero-order chi connectivity index (χ0) is 13.5. The Bertz CT molecular complexity index is 430. The van der Waals surface area contributed by atoms with Crippen molar-refractivity contribution in [2.24, 2.45) is 0 Å². The minimum absolute atomic E-state index is 0.205. The molecule has 1 saturated heterocycles. The molecule has 0 unspecified atom stereocenters. The number of carbonyl (C=O) groups excluding carboxylic acids is 1. The van der Waals surface area contributed by atoms with Crippen molar-refractivity contribution in [2.75, 3.05) is 19.8 Å². The molecule has 1 heterocycles. The third-order valence-electron chi connectivity index (χ3n) is 2.73. The first-order valence-corrected chi connectivity index (χ1v) is 6.45. The van der Waals surface area contributed by atoms with E-state index in [1.165, 1.54) is 0 Å². The zero-order valence-corrected chi connectivity index (χ0v) is 11.0. The van der Waals surface area contributed by atoms with E-state index in [1.807, 2.05) is 30.3 Å². The zero-order valence-electron chi connectivity index (χ0n) is 11.0. The van der Waals surface area contributed by atoms with E-state index < -0.39 is 0 Å². The van der Waals surface area contributed by atoms with Crippen molar-refractivity contribution < 1.29 is 19.0 Å². The second-order valence-corrected chi connectivity index (χ2v) is 4.15. The van der Waals surface area contributed by atoms with Crippen molar-refractivity contribution >= 4 is 12.0 Å². The fourth-order valence-electron chi connectivity index (χ4n) is 1.83. The van der Waals surface area contributed by atoms with Gasteiger partial charge in [0.25, 0.3) is 0 Å². The smallest absolute Gasteiger partial charge is 0.309 e. The molecular weight excluding hydrogens is 244 g/mol. The Morgan fingerprint density at radius 3 is 2.63 bits per heavy atom. The molecule has 0 saturated carbocycles. The van der Waals surface area contributed by atoms with Gasteiger partial charge in [0, 0.05) is 5.56 Å². The normalized spacial score (nSPS) is 16.1. The second-order valence-electron chi connectivity index (χ2n) is 4.15. The van der Waals surface area contributed by atoms with Crippen LogP contribution >= 0.6 is 0 Å². The third kappa shape index (κ3) is 4.19. The Balaban J connectivity index is 1.87. The molecule has 0 atom stereocenters. The number of hydrogen-bond acceptors (Lipinski definition) is 4. The number of rotatable bonds is 5. The van der Waals surface area contributed by atoms with Crippen molar-refractivity contribution in [1.82, 2.24) is 0 Å². The van der Waals surface area contributed by atoms with Crippen LogP contribution in [-0.2, 0) is 19.0 Å². The Labute approximate surface area is 113 Å². The van der Waals surface area contributed by atoms with Gasteiger partial charge in [0.2, 0.25) is 0 Å². The van der Waals surface area contributed by atoms with Crippen molar-refractivity contribution in [2.45, 2.75) is 19.6 Å². The van der Waals surface area contributed by atoms with Crippen LogP contribution in [0.3, 0.4) is 0 Å². The van der Waals surface area contributed by atoms with E-state index in [-0.39, 0.29) is 12.3 Å². The quantitative estimate of drug-likeness (QED) is 0.765. The predicted molar refractivity (Wildman–Crippen MR) is 71.4 cm³/mol. The van der Waals surface area contributed by atoms with Crippen LogP contribution in [0.1, 0.15) is 30.8 Å². The number of hydrogen-bond donors (Lipinski definition) is 0. The summed E-state index contributed by atoms with van der Waals surface area (Å²) in [5.74, 6) is -0.205. The van der Waals surface area contributed by atoms with E-state index in [9.17, 15) is 4.79 Å². The molecule has 1 aliphatic heterocycles. The molecule has 4 nitrogen and oxygen atoms in total. The Kier molecular flexibility index (Phi) is 5.12. The molecule has 0 N–H and O–H groups in total. The van der Waals surface area contributed by atoms with Gasteiger partial charge in [-0.3, -0.25) is 4.79 Å². The summed E-state index contributed by atoms with van der Waals surface area (Å²) >= 11 is 0. The maximum atomic E-state index is 11.2. The van der Waals surface area contributed by atoms with Crippen molar-refractivity contribution in [3.8, 4) is 0 Å². The third-order valence-corrected chi connectivity index (χ3v) is 2.73. The van der Waals surface area contributed by atoms with Gasteiger partial charge in [-0.05, 0) is 12.5 Å². The lowest BCUT2D eigenvalue weighted by molar-refractivity contribution is -0.142. The van der Waals surface area contributed by atoms with E-state index in [4.69, 9.17) is 14.2 Å². The van der Waals surface area contributed by atoms with Crippen molar-refractivity contribution in [1.29, 1.82) is 0 Å². The molecule has 0 spiro atoms. The summed E-state index contributed by atoms with van der Waals surface area (Å²) in [4.78, 5) is 11.2. The largest absolute Gasteiger partial charge is 0.466 e. The molecule has 0 bridgehead atoms. The average Bonchev–Trinajstić information content (AvgIpc) is 2.94. The van der Waals surface area contributed by atoms with Crippen molar-refractivity contribution in [3.63, 3.8) is 0 Å². The molecule has 1 aromatic carbocycles. The minimum atomic E-state index is -0.238. The Hall–Kier alpha value is -1.65. The first-order chi connectivity index (χ1) is 9.29. The molecule has 2 rings (SSSR count). The first-order valence-electron chi connectivity index (χ1n) is 6.45. The van der Waals surface area contributed by atoms with Crippen LogP contribution in [-0.4, -0.2) is 25.8 Å². The topological polar surface area (TPSA) is 44.8 Å². The van der Waals surface area contributed by atoms with Crippen LogP contribution in [0.4, 0.5) is 0 Å². The molecule has 19 heavy (non-hydrogen) atoms. The number of benzene rings is 1. The van der Waals surface area contributed by atoms with Crippen LogP contribution in [0.2, 0.25) is 0 Å².